The van der Waals surface area contributed by atoms with Gasteiger partial charge in [-0.25, -0.2) is 0 Å². The van der Waals surface area contributed by atoms with Gasteiger partial charge in [-0.2, -0.15) is 5.26 Å². The molecule has 1 aromatic carbocycles. The van der Waals surface area contributed by atoms with Crippen LogP contribution in [-0.4, -0.2) is 42.4 Å². The molecule has 0 amide bonds. The summed E-state index contributed by atoms with van der Waals surface area (Å²) in [6.07, 6.45) is 2.34. The van der Waals surface area contributed by atoms with Crippen LogP contribution in [0.2, 0.25) is 0 Å². The Hall–Kier alpha value is -1.41. The molecule has 0 spiro atoms. The molecule has 0 aromatic heterocycles. The number of piperidine rings is 1. The first-order chi connectivity index (χ1) is 9.31. The van der Waals surface area contributed by atoms with Crippen molar-refractivity contribution < 1.29 is 9.84 Å². The molecule has 1 saturated heterocycles. The number of hydrogen-bond donors (Lipinski definition) is 1. The number of rotatable bonds is 5. The first-order valence-electron chi connectivity index (χ1n) is 6.75. The lowest BCUT2D eigenvalue weighted by Crippen LogP contribution is -2.36. The van der Waals surface area contributed by atoms with Crippen molar-refractivity contribution in [1.82, 2.24) is 4.90 Å². The van der Waals surface area contributed by atoms with Crippen molar-refractivity contribution in [1.29, 1.82) is 5.26 Å². The number of nitrogens with zero attached hydrogens (tertiary/aromatic N) is 2. The van der Waals surface area contributed by atoms with E-state index in [1.165, 1.54) is 5.56 Å². The van der Waals surface area contributed by atoms with Crippen molar-refractivity contribution in [2.45, 2.75) is 25.5 Å². The summed E-state index contributed by atoms with van der Waals surface area (Å²) in [5.74, 6) is 0. The predicted molar refractivity (Wildman–Crippen MR) is 72.5 cm³/mol. The van der Waals surface area contributed by atoms with Crippen LogP contribution in [0.1, 0.15) is 24.0 Å². The molecule has 0 radical (unpaired) electrons. The van der Waals surface area contributed by atoms with Crippen molar-refractivity contribution in [3.05, 3.63) is 35.4 Å². The van der Waals surface area contributed by atoms with Crippen LogP contribution in [0.3, 0.4) is 0 Å². The number of aliphatic hydroxyl groups excluding tert-OH is 1. The largest absolute Gasteiger partial charge is 0.394 e. The molecule has 0 atom stereocenters. The van der Waals surface area contributed by atoms with Gasteiger partial charge in [0.1, 0.15) is 0 Å². The average Bonchev–Trinajstić information content (AvgIpc) is 2.47. The van der Waals surface area contributed by atoms with E-state index >= 15 is 0 Å². The standard InChI is InChI=1S/C15H20N2O2/c16-11-13-1-3-14(4-2-13)12-17-7-5-15(6-8-17)19-10-9-18/h1-4,15,18H,5-10,12H2. The molecular formula is C15H20N2O2. The lowest BCUT2D eigenvalue weighted by Gasteiger charge is -2.31. The lowest BCUT2D eigenvalue weighted by atomic mass is 10.1. The summed E-state index contributed by atoms with van der Waals surface area (Å²) in [5, 5.41) is 17.5. The van der Waals surface area contributed by atoms with Gasteiger partial charge in [0, 0.05) is 19.6 Å². The van der Waals surface area contributed by atoms with Crippen molar-refractivity contribution in [2.24, 2.45) is 0 Å². The molecule has 0 saturated carbocycles. The molecule has 2 rings (SSSR count). The quantitative estimate of drug-likeness (QED) is 0.872. The maximum Gasteiger partial charge on any atom is 0.0991 e. The first-order valence-corrected chi connectivity index (χ1v) is 6.75. The van der Waals surface area contributed by atoms with E-state index in [9.17, 15) is 0 Å². The van der Waals surface area contributed by atoms with E-state index in [4.69, 9.17) is 15.1 Å². The van der Waals surface area contributed by atoms with Crippen LogP contribution in [0.15, 0.2) is 24.3 Å². The zero-order valence-corrected chi connectivity index (χ0v) is 11.1. The Morgan fingerprint density at radius 1 is 1.26 bits per heavy atom. The third-order valence-electron chi connectivity index (χ3n) is 3.47. The van der Waals surface area contributed by atoms with Crippen LogP contribution in [0, 0.1) is 11.3 Å². The molecular weight excluding hydrogens is 240 g/mol. The molecule has 0 bridgehead atoms. The minimum atomic E-state index is 0.103. The summed E-state index contributed by atoms with van der Waals surface area (Å²) in [6.45, 7) is 3.52. The second-order valence-electron chi connectivity index (χ2n) is 4.88. The minimum absolute atomic E-state index is 0.103. The van der Waals surface area contributed by atoms with Crippen LogP contribution in [0.4, 0.5) is 0 Å². The smallest absolute Gasteiger partial charge is 0.0991 e. The highest BCUT2D eigenvalue weighted by atomic mass is 16.5. The number of aliphatic hydroxyl groups is 1. The summed E-state index contributed by atoms with van der Waals surface area (Å²) in [4.78, 5) is 2.40. The molecule has 1 aliphatic rings. The van der Waals surface area contributed by atoms with E-state index in [0.717, 1.165) is 32.5 Å². The van der Waals surface area contributed by atoms with E-state index < -0.39 is 0 Å². The van der Waals surface area contributed by atoms with E-state index in [1.54, 1.807) is 0 Å². The number of benzene rings is 1. The summed E-state index contributed by atoms with van der Waals surface area (Å²) in [5.41, 5.74) is 1.95. The summed E-state index contributed by atoms with van der Waals surface area (Å²) >= 11 is 0. The predicted octanol–water partition coefficient (Wildman–Crippen LogP) is 1.53. The molecule has 0 unspecified atom stereocenters. The van der Waals surface area contributed by atoms with E-state index in [0.29, 0.717) is 18.3 Å². The maximum absolute atomic E-state index is 8.76. The van der Waals surface area contributed by atoms with Gasteiger partial charge < -0.3 is 9.84 Å². The lowest BCUT2D eigenvalue weighted by molar-refractivity contribution is -0.00901. The van der Waals surface area contributed by atoms with Crippen LogP contribution < -0.4 is 0 Å². The second-order valence-corrected chi connectivity index (χ2v) is 4.88. The summed E-state index contributed by atoms with van der Waals surface area (Å²) in [6, 6.07) is 9.91. The Kier molecular flexibility index (Phi) is 5.34. The fraction of sp³-hybridized carbons (Fsp3) is 0.533. The van der Waals surface area contributed by atoms with Gasteiger partial charge in [0.15, 0.2) is 0 Å². The van der Waals surface area contributed by atoms with Crippen molar-refractivity contribution in [3.63, 3.8) is 0 Å². The normalized spacial score (nSPS) is 17.3. The van der Waals surface area contributed by atoms with Crippen LogP contribution >= 0.6 is 0 Å². The summed E-state index contributed by atoms with van der Waals surface area (Å²) < 4.78 is 5.55. The first kappa shape index (κ1) is 14.0. The van der Waals surface area contributed by atoms with Crippen LogP contribution in [0.5, 0.6) is 0 Å². The molecule has 4 heteroatoms. The number of ether oxygens (including phenoxy) is 1. The Balaban J connectivity index is 1.77. The molecule has 1 aromatic rings. The van der Waals surface area contributed by atoms with Crippen molar-refractivity contribution >= 4 is 0 Å². The number of likely N-dealkylation sites (tertiary alicyclic amines) is 1. The number of hydrogen-bond acceptors (Lipinski definition) is 4. The molecule has 19 heavy (non-hydrogen) atoms. The van der Waals surface area contributed by atoms with E-state index in [-0.39, 0.29) is 6.61 Å². The Morgan fingerprint density at radius 3 is 2.53 bits per heavy atom. The third-order valence-corrected chi connectivity index (χ3v) is 3.47. The zero-order valence-electron chi connectivity index (χ0n) is 11.1. The highest BCUT2D eigenvalue weighted by Gasteiger charge is 2.19. The van der Waals surface area contributed by atoms with Crippen LogP contribution in [-0.2, 0) is 11.3 Å². The van der Waals surface area contributed by atoms with Gasteiger partial charge in [0.25, 0.3) is 0 Å². The maximum atomic E-state index is 8.76. The highest BCUT2D eigenvalue weighted by molar-refractivity contribution is 5.31. The SMILES string of the molecule is N#Cc1ccc(CN2CCC(OCCO)CC2)cc1. The monoisotopic (exact) mass is 260 g/mol. The number of nitriles is 1. The van der Waals surface area contributed by atoms with Gasteiger partial charge in [-0.1, -0.05) is 12.1 Å². The van der Waals surface area contributed by atoms with Gasteiger partial charge in [-0.05, 0) is 30.5 Å². The molecule has 1 fully saturated rings. The fourth-order valence-electron chi connectivity index (χ4n) is 2.40. The van der Waals surface area contributed by atoms with Gasteiger partial charge >= 0.3 is 0 Å². The fourth-order valence-corrected chi connectivity index (χ4v) is 2.40. The second kappa shape index (κ2) is 7.25. The van der Waals surface area contributed by atoms with Crippen LogP contribution in [0.25, 0.3) is 0 Å². The molecule has 4 nitrogen and oxygen atoms in total. The molecule has 102 valence electrons. The van der Waals surface area contributed by atoms with Gasteiger partial charge in [0.05, 0.1) is 31.0 Å². The molecule has 1 aliphatic heterocycles. The average molecular weight is 260 g/mol. The molecule has 0 aliphatic carbocycles. The highest BCUT2D eigenvalue weighted by Crippen LogP contribution is 2.16. The van der Waals surface area contributed by atoms with Crippen molar-refractivity contribution in [3.8, 4) is 6.07 Å². The molecule has 1 heterocycles. The Bertz CT molecular complexity index is 417. The van der Waals surface area contributed by atoms with Crippen molar-refractivity contribution in [2.75, 3.05) is 26.3 Å². The summed E-state index contributed by atoms with van der Waals surface area (Å²) in [7, 11) is 0. The van der Waals surface area contributed by atoms with Gasteiger partial charge in [-0.15, -0.1) is 0 Å². The van der Waals surface area contributed by atoms with E-state index in [2.05, 4.69) is 11.0 Å². The minimum Gasteiger partial charge on any atom is -0.394 e. The van der Waals surface area contributed by atoms with Gasteiger partial charge in [0.2, 0.25) is 0 Å². The van der Waals surface area contributed by atoms with E-state index in [1.807, 2.05) is 24.3 Å². The third kappa shape index (κ3) is 4.32. The topological polar surface area (TPSA) is 56.5 Å². The van der Waals surface area contributed by atoms with Gasteiger partial charge in [-0.3, -0.25) is 4.90 Å². The molecule has 1 N–H and O–H groups in total. The Labute approximate surface area is 114 Å². The zero-order chi connectivity index (χ0) is 13.5. The Morgan fingerprint density at radius 2 is 1.95 bits per heavy atom.